The van der Waals surface area contributed by atoms with Crippen LogP contribution in [0.25, 0.3) is 0 Å². The second-order valence-electron chi connectivity index (χ2n) is 7.70. The van der Waals surface area contributed by atoms with Crippen molar-refractivity contribution in [1.82, 2.24) is 0 Å². The van der Waals surface area contributed by atoms with Crippen LogP contribution in [0, 0.1) is 0 Å². The Hall–Kier alpha value is -4.92. The summed E-state index contributed by atoms with van der Waals surface area (Å²) in [7, 11) is 0. The van der Waals surface area contributed by atoms with Crippen molar-refractivity contribution >= 4 is 52.5 Å². The van der Waals surface area contributed by atoms with Crippen molar-refractivity contribution in [3.05, 3.63) is 90.0 Å². The first-order valence-electron chi connectivity index (χ1n) is 10.2. The van der Waals surface area contributed by atoms with Crippen molar-refractivity contribution in [3.63, 3.8) is 0 Å². The summed E-state index contributed by atoms with van der Waals surface area (Å²) in [5, 5.41) is 0. The SMILES string of the molecule is O=C1C=CC(=O)N1c1ccc(Cc2ccc(N3C(=O)C=CC3=O)c(N3C(=O)C=CC3=O)c2)cc1. The van der Waals surface area contributed by atoms with Gasteiger partial charge >= 0.3 is 0 Å². The Balaban J connectivity index is 1.47. The van der Waals surface area contributed by atoms with Gasteiger partial charge in [-0.1, -0.05) is 18.2 Å². The molecule has 0 saturated heterocycles. The molecule has 3 heterocycles. The van der Waals surface area contributed by atoms with E-state index in [1.54, 1.807) is 36.4 Å². The first-order chi connectivity index (χ1) is 16.3. The molecule has 0 saturated carbocycles. The Morgan fingerprint density at radius 1 is 0.441 bits per heavy atom. The first-order valence-corrected chi connectivity index (χ1v) is 10.2. The zero-order valence-corrected chi connectivity index (χ0v) is 17.5. The highest BCUT2D eigenvalue weighted by molar-refractivity contribution is 6.33. The van der Waals surface area contributed by atoms with Gasteiger partial charge in [-0.3, -0.25) is 28.8 Å². The van der Waals surface area contributed by atoms with Crippen LogP contribution in [0.5, 0.6) is 0 Å². The number of anilines is 3. The fourth-order valence-corrected chi connectivity index (χ4v) is 3.98. The van der Waals surface area contributed by atoms with Crippen molar-refractivity contribution in [3.8, 4) is 0 Å². The lowest BCUT2D eigenvalue weighted by Gasteiger charge is -2.23. The lowest BCUT2D eigenvalue weighted by Crippen LogP contribution is -2.35. The summed E-state index contributed by atoms with van der Waals surface area (Å²) in [6, 6.07) is 11.6. The van der Waals surface area contributed by atoms with Gasteiger partial charge in [0.2, 0.25) is 0 Å². The van der Waals surface area contributed by atoms with Gasteiger partial charge < -0.3 is 0 Å². The highest BCUT2D eigenvalue weighted by Crippen LogP contribution is 2.35. The number of carbonyl (C=O) groups is 6. The third-order valence-corrected chi connectivity index (χ3v) is 5.55. The van der Waals surface area contributed by atoms with Crippen molar-refractivity contribution in [2.45, 2.75) is 6.42 Å². The fourth-order valence-electron chi connectivity index (χ4n) is 3.98. The second-order valence-corrected chi connectivity index (χ2v) is 7.70. The van der Waals surface area contributed by atoms with Crippen molar-refractivity contribution < 1.29 is 28.8 Å². The number of hydrogen-bond acceptors (Lipinski definition) is 6. The van der Waals surface area contributed by atoms with Gasteiger partial charge in [-0.25, -0.2) is 14.7 Å². The zero-order valence-electron chi connectivity index (χ0n) is 17.5. The molecule has 0 aromatic heterocycles. The van der Waals surface area contributed by atoms with E-state index in [0.29, 0.717) is 17.7 Å². The number of carbonyl (C=O) groups excluding carboxylic acids is 6. The van der Waals surface area contributed by atoms with Crippen LogP contribution < -0.4 is 14.7 Å². The molecule has 0 unspecified atom stereocenters. The van der Waals surface area contributed by atoms with E-state index in [2.05, 4.69) is 0 Å². The molecule has 0 atom stereocenters. The normalized spacial score (nSPS) is 17.4. The lowest BCUT2D eigenvalue weighted by atomic mass is 10.0. The van der Waals surface area contributed by atoms with Gasteiger partial charge in [0.25, 0.3) is 35.4 Å². The predicted molar refractivity (Wildman–Crippen MR) is 121 cm³/mol. The van der Waals surface area contributed by atoms with E-state index in [9.17, 15) is 28.8 Å². The van der Waals surface area contributed by atoms with Crippen LogP contribution >= 0.6 is 0 Å². The average molecular weight is 453 g/mol. The molecule has 0 aliphatic carbocycles. The Bertz CT molecular complexity index is 1350. The molecule has 166 valence electrons. The van der Waals surface area contributed by atoms with Crippen molar-refractivity contribution in [2.24, 2.45) is 0 Å². The van der Waals surface area contributed by atoms with Gasteiger partial charge in [0, 0.05) is 36.5 Å². The molecular weight excluding hydrogens is 438 g/mol. The third kappa shape index (κ3) is 3.45. The van der Waals surface area contributed by atoms with E-state index in [1.807, 2.05) is 0 Å². The van der Waals surface area contributed by atoms with Crippen LogP contribution in [-0.2, 0) is 35.2 Å². The minimum atomic E-state index is -0.576. The third-order valence-electron chi connectivity index (χ3n) is 5.55. The highest BCUT2D eigenvalue weighted by Gasteiger charge is 2.33. The predicted octanol–water partition coefficient (Wildman–Crippen LogP) is 1.57. The average Bonchev–Trinajstić information content (AvgIpc) is 3.45. The van der Waals surface area contributed by atoms with E-state index in [0.717, 1.165) is 44.6 Å². The summed E-state index contributed by atoms with van der Waals surface area (Å²) in [4.78, 5) is 75.8. The smallest absolute Gasteiger partial charge is 0.258 e. The van der Waals surface area contributed by atoms with Crippen LogP contribution in [0.15, 0.2) is 78.9 Å². The molecule has 3 aliphatic rings. The van der Waals surface area contributed by atoms with Gasteiger partial charge in [-0.15, -0.1) is 0 Å². The summed E-state index contributed by atoms with van der Waals surface area (Å²) in [6.45, 7) is 0. The summed E-state index contributed by atoms with van der Waals surface area (Å²) < 4.78 is 0. The largest absolute Gasteiger partial charge is 0.269 e. The second kappa shape index (κ2) is 7.89. The molecule has 34 heavy (non-hydrogen) atoms. The quantitative estimate of drug-likeness (QED) is 0.636. The number of amides is 6. The van der Waals surface area contributed by atoms with E-state index in [4.69, 9.17) is 0 Å². The monoisotopic (exact) mass is 453 g/mol. The maximum absolute atomic E-state index is 12.4. The van der Waals surface area contributed by atoms with Crippen LogP contribution in [-0.4, -0.2) is 35.4 Å². The molecule has 3 aliphatic heterocycles. The number of imide groups is 3. The summed E-state index contributed by atoms with van der Waals surface area (Å²) >= 11 is 0. The van der Waals surface area contributed by atoms with E-state index in [-0.39, 0.29) is 11.4 Å². The molecule has 2 aromatic rings. The Morgan fingerprint density at radius 3 is 1.35 bits per heavy atom. The maximum atomic E-state index is 12.4. The Kier molecular flexibility index (Phi) is 4.86. The van der Waals surface area contributed by atoms with Gasteiger partial charge in [0.1, 0.15) is 0 Å². The summed E-state index contributed by atoms with van der Waals surface area (Å²) in [6.07, 6.45) is 7.30. The molecule has 0 fully saturated rings. The van der Waals surface area contributed by atoms with E-state index in [1.165, 1.54) is 18.2 Å². The summed E-state index contributed by atoms with van der Waals surface area (Å²) in [5.74, 6) is -3.11. The highest BCUT2D eigenvalue weighted by atomic mass is 16.2. The molecule has 0 bridgehead atoms. The number of benzene rings is 2. The van der Waals surface area contributed by atoms with Crippen molar-refractivity contribution in [1.29, 1.82) is 0 Å². The maximum Gasteiger partial charge on any atom is 0.258 e. The first kappa shape index (κ1) is 21.0. The Labute approximate surface area is 192 Å². The number of nitrogens with zero attached hydrogens (tertiary/aromatic N) is 3. The molecule has 9 heteroatoms. The molecule has 5 rings (SSSR count). The molecule has 0 spiro atoms. The van der Waals surface area contributed by atoms with E-state index < -0.39 is 35.4 Å². The zero-order chi connectivity index (χ0) is 24.0. The Morgan fingerprint density at radius 2 is 0.853 bits per heavy atom. The fraction of sp³-hybridized carbons (Fsp3) is 0.0400. The van der Waals surface area contributed by atoms with Crippen LogP contribution in [0.1, 0.15) is 11.1 Å². The van der Waals surface area contributed by atoms with Gasteiger partial charge in [0.15, 0.2) is 0 Å². The topological polar surface area (TPSA) is 112 Å². The molecule has 2 aromatic carbocycles. The number of hydrogen-bond donors (Lipinski definition) is 0. The van der Waals surface area contributed by atoms with Gasteiger partial charge in [-0.05, 0) is 41.8 Å². The van der Waals surface area contributed by atoms with Crippen LogP contribution in [0.2, 0.25) is 0 Å². The van der Waals surface area contributed by atoms with Gasteiger partial charge in [0.05, 0.1) is 17.1 Å². The van der Waals surface area contributed by atoms with Crippen molar-refractivity contribution in [2.75, 3.05) is 14.7 Å². The lowest BCUT2D eigenvalue weighted by molar-refractivity contribution is -0.122. The van der Waals surface area contributed by atoms with Gasteiger partial charge in [-0.2, -0.15) is 0 Å². The molecule has 0 radical (unpaired) electrons. The van der Waals surface area contributed by atoms with Crippen LogP contribution in [0.4, 0.5) is 17.1 Å². The van der Waals surface area contributed by atoms with E-state index >= 15 is 0 Å². The minimum absolute atomic E-state index is 0.124. The minimum Gasteiger partial charge on any atom is -0.269 e. The number of rotatable bonds is 5. The molecule has 0 N–H and O–H groups in total. The molecule has 9 nitrogen and oxygen atoms in total. The molecular formula is C25H15N3O6. The van der Waals surface area contributed by atoms with Crippen LogP contribution in [0.3, 0.4) is 0 Å². The summed E-state index contributed by atoms with van der Waals surface area (Å²) in [5.41, 5.74) is 2.24. The molecule has 6 amide bonds. The standard InChI is InChI=1S/C25H15N3O6/c29-20-7-8-21(30)26(20)17-4-1-15(2-5-17)13-16-3-6-18(27-22(31)9-10-23(27)32)19(14-16)28-24(33)11-12-25(28)34/h1-12,14H,13H2.